The van der Waals surface area contributed by atoms with Crippen LogP contribution in [0.5, 0.6) is 0 Å². The quantitative estimate of drug-likeness (QED) is 0.595. The van der Waals surface area contributed by atoms with E-state index >= 15 is 0 Å². The molecule has 0 saturated heterocycles. The summed E-state index contributed by atoms with van der Waals surface area (Å²) in [6.45, 7) is 19.9. The molecule has 0 aliphatic carbocycles. The molecule has 1 aromatic rings. The first-order valence-corrected chi connectivity index (χ1v) is 18.7. The molecule has 0 aliphatic heterocycles. The standard InChI is InChI=1S/C18H36Si3/c1-9-14-20(5,6)15-16-21(7,8)18-12-10-17(11-13-18)19(2,3)4/h10-13H,9,14-16H2,1-8H3. The largest absolute Gasteiger partial charge is 0.0803 e. The van der Waals surface area contributed by atoms with Gasteiger partial charge < -0.3 is 0 Å². The molecule has 1 aromatic carbocycles. The Labute approximate surface area is 136 Å². The molecule has 0 aromatic heterocycles. The zero-order valence-corrected chi connectivity index (χ0v) is 18.6. The van der Waals surface area contributed by atoms with E-state index in [2.05, 4.69) is 77.0 Å². The van der Waals surface area contributed by atoms with Crippen molar-refractivity contribution in [2.24, 2.45) is 0 Å². The van der Waals surface area contributed by atoms with Gasteiger partial charge in [0.05, 0.1) is 16.1 Å². The molecule has 0 saturated carbocycles. The molecular weight excluding hydrogens is 300 g/mol. The third-order valence-electron chi connectivity index (χ3n) is 4.89. The zero-order chi connectivity index (χ0) is 16.3. The molecule has 0 nitrogen and oxygen atoms in total. The molecule has 0 spiro atoms. The number of rotatable bonds is 7. The van der Waals surface area contributed by atoms with E-state index in [1.807, 2.05) is 0 Å². The van der Waals surface area contributed by atoms with Crippen molar-refractivity contribution >= 4 is 34.6 Å². The maximum atomic E-state index is 2.58. The third kappa shape index (κ3) is 5.87. The summed E-state index contributed by atoms with van der Waals surface area (Å²) in [6.07, 6.45) is 1.37. The van der Waals surface area contributed by atoms with Crippen LogP contribution in [0.15, 0.2) is 24.3 Å². The highest BCUT2D eigenvalue weighted by Gasteiger charge is 2.28. The van der Waals surface area contributed by atoms with Crippen LogP contribution in [-0.2, 0) is 0 Å². The molecule has 120 valence electrons. The van der Waals surface area contributed by atoms with Crippen LogP contribution >= 0.6 is 0 Å². The Hall–Kier alpha value is -0.129. The van der Waals surface area contributed by atoms with Crippen molar-refractivity contribution in [1.29, 1.82) is 0 Å². The summed E-state index contributed by atoms with van der Waals surface area (Å²) in [5, 5.41) is 3.25. The Morgan fingerprint density at radius 2 is 1.14 bits per heavy atom. The Bertz CT molecular complexity index is 439. The van der Waals surface area contributed by atoms with Gasteiger partial charge in [0.1, 0.15) is 0 Å². The molecule has 0 amide bonds. The van der Waals surface area contributed by atoms with Gasteiger partial charge in [-0.3, -0.25) is 0 Å². The highest BCUT2D eigenvalue weighted by molar-refractivity contribution is 6.92. The van der Waals surface area contributed by atoms with Gasteiger partial charge in [-0.15, -0.1) is 0 Å². The monoisotopic (exact) mass is 336 g/mol. The van der Waals surface area contributed by atoms with Gasteiger partial charge in [0.2, 0.25) is 0 Å². The van der Waals surface area contributed by atoms with Crippen molar-refractivity contribution in [1.82, 2.24) is 0 Å². The SMILES string of the molecule is CCC[Si](C)(C)CC[Si](C)(C)c1ccc([Si](C)(C)C)cc1. The number of hydrogen-bond donors (Lipinski definition) is 0. The second kappa shape index (κ2) is 6.97. The maximum absolute atomic E-state index is 2.58. The molecule has 0 radical (unpaired) electrons. The smallest absolute Gasteiger partial charge is 0.0694 e. The van der Waals surface area contributed by atoms with Crippen LogP contribution in [0.1, 0.15) is 13.3 Å². The molecular formula is C18H36Si3. The minimum Gasteiger partial charge on any atom is -0.0694 e. The van der Waals surface area contributed by atoms with Crippen molar-refractivity contribution < 1.29 is 0 Å². The predicted molar refractivity (Wildman–Crippen MR) is 109 cm³/mol. The lowest BCUT2D eigenvalue weighted by molar-refractivity contribution is 1.03. The van der Waals surface area contributed by atoms with Gasteiger partial charge in [-0.1, -0.05) is 112 Å². The third-order valence-corrected chi connectivity index (χ3v) is 14.3. The van der Waals surface area contributed by atoms with Crippen molar-refractivity contribution in [2.45, 2.75) is 77.3 Å². The minimum atomic E-state index is -1.25. The van der Waals surface area contributed by atoms with E-state index in [-0.39, 0.29) is 0 Å². The van der Waals surface area contributed by atoms with Gasteiger partial charge in [0.25, 0.3) is 0 Å². The fourth-order valence-electron chi connectivity index (χ4n) is 3.02. The van der Waals surface area contributed by atoms with Gasteiger partial charge in [-0.25, -0.2) is 0 Å². The molecule has 0 atom stereocenters. The van der Waals surface area contributed by atoms with Crippen molar-refractivity contribution in [3.8, 4) is 0 Å². The summed E-state index contributed by atoms with van der Waals surface area (Å²) in [6, 6.07) is 14.2. The molecule has 0 aliphatic rings. The van der Waals surface area contributed by atoms with Crippen LogP contribution in [0.25, 0.3) is 0 Å². The number of hydrogen-bond acceptors (Lipinski definition) is 0. The summed E-state index contributed by atoms with van der Waals surface area (Å²) < 4.78 is 0. The molecule has 0 fully saturated rings. The van der Waals surface area contributed by atoms with E-state index in [4.69, 9.17) is 0 Å². The fourth-order valence-corrected chi connectivity index (χ4v) is 12.4. The highest BCUT2D eigenvalue weighted by Crippen LogP contribution is 2.24. The first-order chi connectivity index (χ1) is 9.48. The summed E-state index contributed by atoms with van der Waals surface area (Å²) in [7, 11) is -3.35. The Morgan fingerprint density at radius 3 is 1.57 bits per heavy atom. The molecule has 1 rings (SSSR count). The Morgan fingerprint density at radius 1 is 0.667 bits per heavy atom. The second-order valence-electron chi connectivity index (χ2n) is 9.13. The summed E-state index contributed by atoms with van der Waals surface area (Å²) in [5.41, 5.74) is 0. The van der Waals surface area contributed by atoms with Crippen LogP contribution in [0.4, 0.5) is 0 Å². The van der Waals surface area contributed by atoms with Crippen molar-refractivity contribution in [3.63, 3.8) is 0 Å². The summed E-state index contributed by atoms with van der Waals surface area (Å²) in [4.78, 5) is 0. The molecule has 0 unspecified atom stereocenters. The van der Waals surface area contributed by atoms with Gasteiger partial charge in [-0.05, 0) is 0 Å². The Kier molecular flexibility index (Phi) is 6.28. The van der Waals surface area contributed by atoms with E-state index in [9.17, 15) is 0 Å². The first kappa shape index (κ1) is 18.9. The van der Waals surface area contributed by atoms with E-state index in [1.165, 1.54) is 24.6 Å². The van der Waals surface area contributed by atoms with Gasteiger partial charge in [0.15, 0.2) is 0 Å². The molecule has 21 heavy (non-hydrogen) atoms. The number of benzene rings is 1. The molecule has 0 heterocycles. The van der Waals surface area contributed by atoms with Crippen molar-refractivity contribution in [2.75, 3.05) is 0 Å². The maximum Gasteiger partial charge on any atom is 0.0803 e. The summed E-state index contributed by atoms with van der Waals surface area (Å²) in [5.74, 6) is 0. The van der Waals surface area contributed by atoms with Crippen LogP contribution < -0.4 is 10.4 Å². The second-order valence-corrected chi connectivity index (χ2v) is 24.4. The normalized spacial score (nSPS) is 13.5. The van der Waals surface area contributed by atoms with Crippen LogP contribution in [0.3, 0.4) is 0 Å². The topological polar surface area (TPSA) is 0 Å². The van der Waals surface area contributed by atoms with E-state index in [0.717, 1.165) is 0 Å². The Balaban J connectivity index is 2.79. The first-order valence-electron chi connectivity index (χ1n) is 8.59. The molecule has 0 N–H and O–H groups in total. The lowest BCUT2D eigenvalue weighted by atomic mass is 10.4. The van der Waals surface area contributed by atoms with E-state index in [0.29, 0.717) is 0 Å². The van der Waals surface area contributed by atoms with Crippen LogP contribution in [0.2, 0.25) is 64.0 Å². The zero-order valence-electron chi connectivity index (χ0n) is 15.6. The molecule has 0 bridgehead atoms. The fraction of sp³-hybridized carbons (Fsp3) is 0.667. The van der Waals surface area contributed by atoms with Gasteiger partial charge in [0, 0.05) is 8.07 Å². The highest BCUT2D eigenvalue weighted by atomic mass is 28.3. The van der Waals surface area contributed by atoms with Crippen molar-refractivity contribution in [3.05, 3.63) is 24.3 Å². The van der Waals surface area contributed by atoms with Gasteiger partial charge in [-0.2, -0.15) is 0 Å². The summed E-state index contributed by atoms with van der Waals surface area (Å²) >= 11 is 0. The molecule has 3 heteroatoms. The van der Waals surface area contributed by atoms with Crippen LogP contribution in [-0.4, -0.2) is 24.2 Å². The lowest BCUT2D eigenvalue weighted by Gasteiger charge is -2.29. The minimum absolute atomic E-state index is 0.945. The van der Waals surface area contributed by atoms with E-state index < -0.39 is 24.2 Å². The lowest BCUT2D eigenvalue weighted by Crippen LogP contribution is -2.45. The predicted octanol–water partition coefficient (Wildman–Crippen LogP) is 5.27. The van der Waals surface area contributed by atoms with Crippen LogP contribution in [0, 0.1) is 0 Å². The van der Waals surface area contributed by atoms with E-state index in [1.54, 1.807) is 10.4 Å². The average molecular weight is 337 g/mol. The average Bonchev–Trinajstić information content (AvgIpc) is 2.36. The van der Waals surface area contributed by atoms with Gasteiger partial charge >= 0.3 is 0 Å².